The molecule has 1 N–H and O–H groups in total. The Hall–Kier alpha value is -1.23. The van der Waals surface area contributed by atoms with Gasteiger partial charge in [0.1, 0.15) is 0 Å². The van der Waals surface area contributed by atoms with E-state index in [1.165, 1.54) is 12.1 Å². The molecule has 2 rings (SSSR count). The second-order valence-corrected chi connectivity index (χ2v) is 6.06. The Morgan fingerprint density at radius 3 is 2.43 bits per heavy atom. The summed E-state index contributed by atoms with van der Waals surface area (Å²) in [5.41, 5.74) is 1.13. The zero-order chi connectivity index (χ0) is 15.5. The summed E-state index contributed by atoms with van der Waals surface area (Å²) in [4.78, 5) is 2.07. The van der Waals surface area contributed by atoms with Crippen LogP contribution in [0, 0.1) is 5.92 Å². The molecule has 0 amide bonds. The van der Waals surface area contributed by atoms with Crippen LogP contribution in [0.25, 0.3) is 0 Å². The lowest BCUT2D eigenvalue weighted by atomic mass is 10.1. The summed E-state index contributed by atoms with van der Waals surface area (Å²) in [6.07, 6.45) is -2.18. The van der Waals surface area contributed by atoms with Gasteiger partial charge >= 0.3 is 6.18 Å². The molecule has 2 nitrogen and oxygen atoms in total. The molecule has 0 aromatic heterocycles. The van der Waals surface area contributed by atoms with E-state index in [9.17, 15) is 13.2 Å². The Kier molecular flexibility index (Phi) is 5.14. The number of nitrogens with zero attached hydrogens (tertiary/aromatic N) is 1. The molecule has 0 aliphatic carbocycles. The summed E-state index contributed by atoms with van der Waals surface area (Å²) in [6.45, 7) is 7.39. The van der Waals surface area contributed by atoms with Crippen LogP contribution in [0.2, 0.25) is 0 Å². The van der Waals surface area contributed by atoms with Crippen LogP contribution < -0.4 is 10.2 Å². The second-order valence-electron chi connectivity index (χ2n) is 6.06. The van der Waals surface area contributed by atoms with Crippen LogP contribution >= 0.6 is 0 Å². The molecule has 1 heterocycles. The molecule has 0 bridgehead atoms. The van der Waals surface area contributed by atoms with Gasteiger partial charge in [-0.1, -0.05) is 19.9 Å². The number of hydrogen-bond acceptors (Lipinski definition) is 2. The number of nitrogens with one attached hydrogen (secondary N) is 1. The van der Waals surface area contributed by atoms with E-state index in [0.717, 1.165) is 43.7 Å². The predicted octanol–water partition coefficient (Wildman–Crippen LogP) is 4.05. The molecule has 0 saturated carbocycles. The van der Waals surface area contributed by atoms with Crippen LogP contribution in [0.1, 0.15) is 37.8 Å². The van der Waals surface area contributed by atoms with Crippen molar-refractivity contribution in [3.05, 3.63) is 29.3 Å². The topological polar surface area (TPSA) is 15.3 Å². The van der Waals surface area contributed by atoms with Gasteiger partial charge in [0.25, 0.3) is 0 Å². The predicted molar refractivity (Wildman–Crippen MR) is 79.4 cm³/mol. The lowest BCUT2D eigenvalue weighted by Gasteiger charge is -2.23. The average molecular weight is 300 g/mol. The van der Waals surface area contributed by atoms with Crippen molar-refractivity contribution in [2.75, 3.05) is 24.5 Å². The summed E-state index contributed by atoms with van der Waals surface area (Å²) in [6, 6.07) is 4.10. The zero-order valence-electron chi connectivity index (χ0n) is 12.6. The molecule has 118 valence electrons. The summed E-state index contributed by atoms with van der Waals surface area (Å²) in [5, 5.41) is 3.32. The Bertz CT molecular complexity index is 463. The monoisotopic (exact) mass is 300 g/mol. The highest BCUT2D eigenvalue weighted by Gasteiger charge is 2.31. The normalized spacial score (nSPS) is 16.0. The third kappa shape index (κ3) is 4.37. The Morgan fingerprint density at radius 2 is 1.86 bits per heavy atom. The van der Waals surface area contributed by atoms with Crippen LogP contribution in [0.15, 0.2) is 18.2 Å². The van der Waals surface area contributed by atoms with Gasteiger partial charge < -0.3 is 10.2 Å². The molecule has 1 aromatic rings. The van der Waals surface area contributed by atoms with Gasteiger partial charge in [0, 0.05) is 25.3 Å². The molecule has 1 aliphatic rings. The minimum atomic E-state index is -4.28. The van der Waals surface area contributed by atoms with Crippen LogP contribution in [0.4, 0.5) is 18.9 Å². The molecular formula is C16H23F3N2. The van der Waals surface area contributed by atoms with Crippen molar-refractivity contribution >= 4 is 5.69 Å². The van der Waals surface area contributed by atoms with Gasteiger partial charge in [-0.25, -0.2) is 0 Å². The first kappa shape index (κ1) is 16.1. The smallest absolute Gasteiger partial charge is 0.371 e. The van der Waals surface area contributed by atoms with Crippen molar-refractivity contribution in [2.24, 2.45) is 5.92 Å². The van der Waals surface area contributed by atoms with Gasteiger partial charge in [-0.15, -0.1) is 0 Å². The van der Waals surface area contributed by atoms with Crippen LogP contribution in [0.5, 0.6) is 0 Å². The Balaban J connectivity index is 2.21. The van der Waals surface area contributed by atoms with Crippen LogP contribution in [0.3, 0.4) is 0 Å². The first-order valence-corrected chi connectivity index (χ1v) is 7.53. The van der Waals surface area contributed by atoms with Gasteiger partial charge in [-0.05, 0) is 43.0 Å². The van der Waals surface area contributed by atoms with E-state index in [1.807, 2.05) is 0 Å². The van der Waals surface area contributed by atoms with Gasteiger partial charge in [0.05, 0.1) is 5.56 Å². The van der Waals surface area contributed by atoms with Gasteiger partial charge in [-0.2, -0.15) is 13.2 Å². The van der Waals surface area contributed by atoms with Crippen molar-refractivity contribution in [3.8, 4) is 0 Å². The minimum absolute atomic E-state index is 0.523. The Labute approximate surface area is 124 Å². The molecule has 0 atom stereocenters. The number of rotatable bonds is 5. The molecule has 5 heteroatoms. The Morgan fingerprint density at radius 1 is 1.19 bits per heavy atom. The first-order chi connectivity index (χ1) is 9.88. The van der Waals surface area contributed by atoms with Gasteiger partial charge in [-0.3, -0.25) is 0 Å². The van der Waals surface area contributed by atoms with Crippen molar-refractivity contribution in [1.82, 2.24) is 5.32 Å². The van der Waals surface area contributed by atoms with E-state index >= 15 is 0 Å². The molecule has 0 spiro atoms. The SMILES string of the molecule is CC(C)CNCc1ccc(C(F)(F)F)cc1N1CCCC1. The number of alkyl halides is 3. The van der Waals surface area contributed by atoms with Crippen LogP contribution in [-0.2, 0) is 12.7 Å². The fourth-order valence-corrected chi connectivity index (χ4v) is 2.64. The fraction of sp³-hybridized carbons (Fsp3) is 0.625. The number of benzene rings is 1. The van der Waals surface area contributed by atoms with Crippen LogP contribution in [-0.4, -0.2) is 19.6 Å². The van der Waals surface area contributed by atoms with Gasteiger partial charge in [0.15, 0.2) is 0 Å². The van der Waals surface area contributed by atoms with E-state index in [-0.39, 0.29) is 0 Å². The standard InChI is InChI=1S/C16H23F3N2/c1-12(2)10-20-11-13-5-6-14(16(17,18)19)9-15(13)21-7-3-4-8-21/h5-6,9,12,20H,3-4,7-8,10-11H2,1-2H3. The van der Waals surface area contributed by atoms with E-state index in [4.69, 9.17) is 0 Å². The van der Waals surface area contributed by atoms with E-state index in [2.05, 4.69) is 24.1 Å². The first-order valence-electron chi connectivity index (χ1n) is 7.53. The summed E-state index contributed by atoms with van der Waals surface area (Å²) >= 11 is 0. The van der Waals surface area contributed by atoms with E-state index in [0.29, 0.717) is 12.5 Å². The number of hydrogen-bond donors (Lipinski definition) is 1. The maximum atomic E-state index is 12.9. The molecule has 21 heavy (non-hydrogen) atoms. The summed E-state index contributed by atoms with van der Waals surface area (Å²) in [5.74, 6) is 0.523. The number of anilines is 1. The van der Waals surface area contributed by atoms with Crippen molar-refractivity contribution < 1.29 is 13.2 Å². The molecule has 1 saturated heterocycles. The minimum Gasteiger partial charge on any atom is -0.371 e. The van der Waals surface area contributed by atoms with Crippen molar-refractivity contribution in [3.63, 3.8) is 0 Å². The second kappa shape index (κ2) is 6.69. The highest BCUT2D eigenvalue weighted by molar-refractivity contribution is 5.56. The van der Waals surface area contributed by atoms with E-state index in [1.54, 1.807) is 6.07 Å². The quantitative estimate of drug-likeness (QED) is 0.882. The average Bonchev–Trinajstić information content (AvgIpc) is 2.91. The highest BCUT2D eigenvalue weighted by Crippen LogP contribution is 2.34. The van der Waals surface area contributed by atoms with Crippen molar-refractivity contribution in [1.29, 1.82) is 0 Å². The third-order valence-electron chi connectivity index (χ3n) is 3.73. The maximum absolute atomic E-state index is 12.9. The molecule has 1 fully saturated rings. The lowest BCUT2D eigenvalue weighted by Crippen LogP contribution is -2.24. The molecule has 1 aliphatic heterocycles. The third-order valence-corrected chi connectivity index (χ3v) is 3.73. The molecule has 0 radical (unpaired) electrons. The maximum Gasteiger partial charge on any atom is 0.416 e. The number of halogens is 3. The van der Waals surface area contributed by atoms with E-state index < -0.39 is 11.7 Å². The zero-order valence-corrected chi connectivity index (χ0v) is 12.6. The summed E-state index contributed by atoms with van der Waals surface area (Å²) in [7, 11) is 0. The highest BCUT2D eigenvalue weighted by atomic mass is 19.4. The van der Waals surface area contributed by atoms with Gasteiger partial charge in [0.2, 0.25) is 0 Å². The lowest BCUT2D eigenvalue weighted by molar-refractivity contribution is -0.137. The largest absolute Gasteiger partial charge is 0.416 e. The molecule has 1 aromatic carbocycles. The fourth-order valence-electron chi connectivity index (χ4n) is 2.64. The summed E-state index contributed by atoms with van der Waals surface area (Å²) < 4.78 is 38.7. The molecular weight excluding hydrogens is 277 g/mol. The van der Waals surface area contributed by atoms with Crippen molar-refractivity contribution in [2.45, 2.75) is 39.4 Å². The molecule has 0 unspecified atom stereocenters.